The Morgan fingerprint density at radius 2 is 1.94 bits per heavy atom. The van der Waals surface area contributed by atoms with E-state index in [-0.39, 0.29) is 5.91 Å². The molecule has 6 heteroatoms. The lowest BCUT2D eigenvalue weighted by atomic mass is 9.93. The third-order valence-electron chi connectivity index (χ3n) is 6.45. The summed E-state index contributed by atoms with van der Waals surface area (Å²) in [5.41, 5.74) is 3.48. The number of hydrogen-bond donors (Lipinski definition) is 2. The van der Waals surface area contributed by atoms with Crippen LogP contribution in [0.25, 0.3) is 10.9 Å². The van der Waals surface area contributed by atoms with Gasteiger partial charge in [-0.1, -0.05) is 50.5 Å². The summed E-state index contributed by atoms with van der Waals surface area (Å²) >= 11 is 0. The van der Waals surface area contributed by atoms with Gasteiger partial charge in [0.15, 0.2) is 0 Å². The summed E-state index contributed by atoms with van der Waals surface area (Å²) in [4.78, 5) is 32.1. The Bertz CT molecular complexity index is 1150. The fraction of sp³-hybridized carbons (Fsp3) is 0.357. The number of benzene rings is 2. The van der Waals surface area contributed by atoms with Gasteiger partial charge in [-0.25, -0.2) is 9.69 Å². The van der Waals surface area contributed by atoms with Crippen LogP contribution in [0.2, 0.25) is 0 Å². The van der Waals surface area contributed by atoms with E-state index in [1.54, 1.807) is 24.3 Å². The number of imide groups is 1. The third-order valence-corrected chi connectivity index (χ3v) is 6.45. The zero-order valence-electron chi connectivity index (χ0n) is 20.1. The number of anilines is 2. The molecule has 1 aliphatic rings. The molecule has 0 bridgehead atoms. The van der Waals surface area contributed by atoms with Gasteiger partial charge in [-0.05, 0) is 54.9 Å². The molecule has 178 valence electrons. The van der Waals surface area contributed by atoms with Gasteiger partial charge in [-0.2, -0.15) is 0 Å². The fourth-order valence-electron chi connectivity index (χ4n) is 4.61. The van der Waals surface area contributed by atoms with Gasteiger partial charge < -0.3 is 15.2 Å². The highest BCUT2D eigenvalue weighted by molar-refractivity contribution is 6.18. The van der Waals surface area contributed by atoms with E-state index in [1.807, 2.05) is 24.3 Å². The SMILES string of the molecule is CCCCCCN1C=CC(c2c[nH]c3ccc(NC(=O)N(C(C)=O)c4ccccc4)cc23)CC1. The maximum atomic E-state index is 12.9. The van der Waals surface area contributed by atoms with E-state index < -0.39 is 6.03 Å². The number of nitrogens with zero attached hydrogens (tertiary/aromatic N) is 2. The average Bonchev–Trinajstić information content (AvgIpc) is 3.26. The monoisotopic (exact) mass is 458 g/mol. The molecule has 34 heavy (non-hydrogen) atoms. The van der Waals surface area contributed by atoms with Crippen molar-refractivity contribution in [3.05, 3.63) is 72.6 Å². The molecule has 1 atom stereocenters. The van der Waals surface area contributed by atoms with Crippen molar-refractivity contribution >= 4 is 34.2 Å². The number of urea groups is 1. The van der Waals surface area contributed by atoms with Crippen molar-refractivity contribution < 1.29 is 9.59 Å². The first-order valence-electron chi connectivity index (χ1n) is 12.3. The molecule has 0 spiro atoms. The minimum atomic E-state index is -0.466. The largest absolute Gasteiger partial charge is 0.378 e. The molecule has 6 nitrogen and oxygen atoms in total. The molecule has 4 rings (SSSR count). The van der Waals surface area contributed by atoms with E-state index in [9.17, 15) is 9.59 Å². The molecule has 1 aromatic heterocycles. The maximum Gasteiger partial charge on any atom is 0.333 e. The van der Waals surface area contributed by atoms with Crippen LogP contribution in [0, 0.1) is 0 Å². The number of unbranched alkanes of at least 4 members (excludes halogenated alkanes) is 3. The van der Waals surface area contributed by atoms with Crippen molar-refractivity contribution in [2.45, 2.75) is 51.9 Å². The first-order chi connectivity index (χ1) is 16.6. The average molecular weight is 459 g/mol. The number of carbonyl (C=O) groups excluding carboxylic acids is 2. The number of aromatic nitrogens is 1. The van der Waals surface area contributed by atoms with Crippen LogP contribution in [0.15, 0.2) is 67.0 Å². The van der Waals surface area contributed by atoms with Crippen LogP contribution >= 0.6 is 0 Å². The first-order valence-corrected chi connectivity index (χ1v) is 12.3. The lowest BCUT2D eigenvalue weighted by molar-refractivity contribution is -0.115. The number of nitrogens with one attached hydrogen (secondary N) is 2. The van der Waals surface area contributed by atoms with Crippen LogP contribution in [-0.2, 0) is 4.79 Å². The number of amides is 3. The van der Waals surface area contributed by atoms with Gasteiger partial charge in [0.1, 0.15) is 0 Å². The van der Waals surface area contributed by atoms with Crippen LogP contribution in [0.3, 0.4) is 0 Å². The van der Waals surface area contributed by atoms with Crippen LogP contribution in [-0.4, -0.2) is 34.9 Å². The molecule has 2 heterocycles. The zero-order valence-corrected chi connectivity index (χ0v) is 20.1. The van der Waals surface area contributed by atoms with E-state index in [4.69, 9.17) is 0 Å². The minimum absolute atomic E-state index is 0.335. The molecule has 0 saturated carbocycles. The number of rotatable bonds is 8. The molecular weight excluding hydrogens is 424 g/mol. The highest BCUT2D eigenvalue weighted by Crippen LogP contribution is 2.33. The molecule has 3 amide bonds. The number of H-pyrrole nitrogens is 1. The van der Waals surface area contributed by atoms with E-state index in [1.165, 1.54) is 38.2 Å². The number of para-hydroxylation sites is 1. The van der Waals surface area contributed by atoms with Gasteiger partial charge in [0.25, 0.3) is 0 Å². The molecule has 0 saturated heterocycles. The molecule has 2 N–H and O–H groups in total. The van der Waals surface area contributed by atoms with Crippen molar-refractivity contribution in [2.24, 2.45) is 0 Å². The van der Waals surface area contributed by atoms with Crippen molar-refractivity contribution in [3.8, 4) is 0 Å². The highest BCUT2D eigenvalue weighted by atomic mass is 16.2. The summed E-state index contributed by atoms with van der Waals surface area (Å²) in [5, 5.41) is 4.00. The summed E-state index contributed by atoms with van der Waals surface area (Å²) in [5.74, 6) is 0.00309. The summed E-state index contributed by atoms with van der Waals surface area (Å²) < 4.78 is 0. The summed E-state index contributed by atoms with van der Waals surface area (Å²) in [6.07, 6.45) is 12.8. The first kappa shape index (κ1) is 23.6. The van der Waals surface area contributed by atoms with Gasteiger partial charge in [-0.15, -0.1) is 0 Å². The number of fused-ring (bicyclic) bond motifs is 1. The van der Waals surface area contributed by atoms with Gasteiger partial charge in [0.05, 0.1) is 5.69 Å². The smallest absolute Gasteiger partial charge is 0.333 e. The van der Waals surface area contributed by atoms with Crippen LogP contribution in [0.5, 0.6) is 0 Å². The Labute approximate surface area is 201 Å². The number of aromatic amines is 1. The van der Waals surface area contributed by atoms with Crippen LogP contribution in [0.1, 0.15) is 57.4 Å². The molecular formula is C28H34N4O2. The Hall–Kier alpha value is -3.54. The molecule has 0 aliphatic carbocycles. The number of hydrogen-bond acceptors (Lipinski definition) is 3. The highest BCUT2D eigenvalue weighted by Gasteiger charge is 2.21. The van der Waals surface area contributed by atoms with Gasteiger partial charge >= 0.3 is 6.03 Å². The van der Waals surface area contributed by atoms with Gasteiger partial charge in [-0.3, -0.25) is 4.79 Å². The second-order valence-corrected chi connectivity index (χ2v) is 8.96. The third kappa shape index (κ3) is 5.50. The van der Waals surface area contributed by atoms with Gasteiger partial charge in [0.2, 0.25) is 5.91 Å². The summed E-state index contributed by atoms with van der Waals surface area (Å²) in [6.45, 7) is 5.82. The quantitative estimate of drug-likeness (QED) is 0.372. The van der Waals surface area contributed by atoms with Crippen molar-refractivity contribution in [1.29, 1.82) is 0 Å². The standard InChI is InChI=1S/C28H34N4O2/c1-3-4-5-9-16-31-17-14-22(15-18-31)26-20-29-27-13-12-23(19-25(26)27)30-28(34)32(21(2)33)24-10-7-6-8-11-24/h6-8,10-14,17,19-20,22,29H,3-5,9,15-16,18H2,1-2H3,(H,30,34). The maximum absolute atomic E-state index is 12.9. The molecule has 1 aliphatic heterocycles. The Kier molecular flexibility index (Phi) is 7.68. The predicted octanol–water partition coefficient (Wildman–Crippen LogP) is 6.64. The normalized spacial score (nSPS) is 15.5. The van der Waals surface area contributed by atoms with E-state index in [0.29, 0.717) is 17.3 Å². The lowest BCUT2D eigenvalue weighted by Crippen LogP contribution is -2.38. The molecule has 2 aromatic carbocycles. The topological polar surface area (TPSA) is 68.4 Å². The molecule has 1 unspecified atom stereocenters. The molecule has 0 radical (unpaired) electrons. The van der Waals surface area contributed by atoms with Gasteiger partial charge in [0, 0.05) is 48.7 Å². The Balaban J connectivity index is 1.47. The zero-order chi connectivity index (χ0) is 23.9. The van der Waals surface area contributed by atoms with Crippen LogP contribution in [0.4, 0.5) is 16.2 Å². The Morgan fingerprint density at radius 3 is 2.65 bits per heavy atom. The minimum Gasteiger partial charge on any atom is -0.378 e. The van der Waals surface area contributed by atoms with Crippen molar-refractivity contribution in [2.75, 3.05) is 23.3 Å². The van der Waals surface area contributed by atoms with Crippen molar-refractivity contribution in [1.82, 2.24) is 9.88 Å². The second kappa shape index (κ2) is 11.1. The number of carbonyl (C=O) groups is 2. The van der Waals surface area contributed by atoms with Crippen LogP contribution < -0.4 is 10.2 Å². The summed E-state index contributed by atoms with van der Waals surface area (Å²) in [6, 6.07) is 14.3. The van der Waals surface area contributed by atoms with E-state index in [0.717, 1.165) is 35.3 Å². The second-order valence-electron chi connectivity index (χ2n) is 8.96. The van der Waals surface area contributed by atoms with E-state index >= 15 is 0 Å². The lowest BCUT2D eigenvalue weighted by Gasteiger charge is -2.28. The fourth-order valence-corrected chi connectivity index (χ4v) is 4.61. The summed E-state index contributed by atoms with van der Waals surface area (Å²) in [7, 11) is 0. The van der Waals surface area contributed by atoms with Crippen molar-refractivity contribution in [3.63, 3.8) is 0 Å². The number of allylic oxidation sites excluding steroid dienone is 1. The Morgan fingerprint density at radius 1 is 1.12 bits per heavy atom. The predicted molar refractivity (Wildman–Crippen MR) is 139 cm³/mol. The van der Waals surface area contributed by atoms with E-state index in [2.05, 4.69) is 40.6 Å². The molecule has 3 aromatic rings. The molecule has 0 fully saturated rings.